The largest absolute Gasteiger partial charge is 0.319 e. The van der Waals surface area contributed by atoms with Crippen molar-refractivity contribution < 1.29 is 0 Å². The summed E-state index contributed by atoms with van der Waals surface area (Å²) in [5.41, 5.74) is 0.435. The molecule has 1 atom stereocenters. The van der Waals surface area contributed by atoms with Crippen LogP contribution in [0.15, 0.2) is 0 Å². The average molecular weight is 267 g/mol. The highest BCUT2D eigenvalue weighted by Crippen LogP contribution is 2.26. The summed E-state index contributed by atoms with van der Waals surface area (Å²) in [5.74, 6) is 0. The molecule has 2 fully saturated rings. The predicted octanol–water partition coefficient (Wildman–Crippen LogP) is 2.18. The lowest BCUT2D eigenvalue weighted by Gasteiger charge is -2.42. The summed E-state index contributed by atoms with van der Waals surface area (Å²) >= 11 is 0. The van der Waals surface area contributed by atoms with Gasteiger partial charge in [-0.3, -0.25) is 4.90 Å². The molecule has 1 aliphatic heterocycles. The summed E-state index contributed by atoms with van der Waals surface area (Å²) < 4.78 is 0. The minimum atomic E-state index is 0.435. The van der Waals surface area contributed by atoms with E-state index in [0.717, 1.165) is 12.6 Å². The first kappa shape index (κ1) is 15.3. The number of piperazine rings is 1. The summed E-state index contributed by atoms with van der Waals surface area (Å²) in [6.07, 6.45) is 7.08. The van der Waals surface area contributed by atoms with Gasteiger partial charge >= 0.3 is 0 Å². The van der Waals surface area contributed by atoms with Crippen molar-refractivity contribution >= 4 is 0 Å². The van der Waals surface area contributed by atoms with Crippen LogP contribution < -0.4 is 5.32 Å². The third-order valence-electron chi connectivity index (χ3n) is 5.31. The summed E-state index contributed by atoms with van der Waals surface area (Å²) in [5, 5.41) is 3.37. The van der Waals surface area contributed by atoms with Gasteiger partial charge in [0.05, 0.1) is 0 Å². The Balaban J connectivity index is 1.76. The second-order valence-corrected chi connectivity index (χ2v) is 6.94. The molecule has 0 spiro atoms. The zero-order valence-electron chi connectivity index (χ0n) is 13.2. The van der Waals surface area contributed by atoms with Gasteiger partial charge in [-0.05, 0) is 31.7 Å². The molecule has 3 nitrogen and oxygen atoms in total. The Bertz CT molecular complexity index is 255. The molecule has 2 rings (SSSR count). The van der Waals surface area contributed by atoms with E-state index in [1.807, 2.05) is 0 Å². The van der Waals surface area contributed by atoms with Crippen LogP contribution in [0.3, 0.4) is 0 Å². The van der Waals surface area contributed by atoms with Gasteiger partial charge in [0.2, 0.25) is 0 Å². The lowest BCUT2D eigenvalue weighted by Crippen LogP contribution is -2.52. The van der Waals surface area contributed by atoms with E-state index in [1.54, 1.807) is 0 Å². The van der Waals surface area contributed by atoms with Crippen molar-refractivity contribution in [3.63, 3.8) is 0 Å². The Morgan fingerprint density at radius 1 is 1.11 bits per heavy atom. The van der Waals surface area contributed by atoms with Crippen molar-refractivity contribution in [2.24, 2.45) is 5.41 Å². The molecule has 1 aliphatic carbocycles. The summed E-state index contributed by atoms with van der Waals surface area (Å²) in [6, 6.07) is 0.914. The SMILES string of the molecule is CCC(C)(CNC)CN1CCN(C2CCCC2)CC1. The van der Waals surface area contributed by atoms with Crippen LogP contribution in [0.5, 0.6) is 0 Å². The number of nitrogens with zero attached hydrogens (tertiary/aromatic N) is 2. The standard InChI is InChI=1S/C16H33N3/c1-4-16(2,13-17-3)14-18-9-11-19(12-10-18)15-7-5-6-8-15/h15,17H,4-14H2,1-3H3. The maximum atomic E-state index is 3.37. The number of rotatable bonds is 6. The average Bonchev–Trinajstić information content (AvgIpc) is 2.94. The molecule has 1 N–H and O–H groups in total. The van der Waals surface area contributed by atoms with Gasteiger partial charge in [-0.25, -0.2) is 0 Å². The van der Waals surface area contributed by atoms with Crippen LogP contribution in [-0.4, -0.2) is 62.2 Å². The number of nitrogens with one attached hydrogen (secondary N) is 1. The van der Waals surface area contributed by atoms with Crippen molar-refractivity contribution in [3.8, 4) is 0 Å². The van der Waals surface area contributed by atoms with E-state index in [0.29, 0.717) is 5.41 Å². The molecule has 2 aliphatic rings. The fourth-order valence-corrected chi connectivity index (χ4v) is 3.82. The molecule has 1 saturated heterocycles. The topological polar surface area (TPSA) is 18.5 Å². The molecule has 0 amide bonds. The molecule has 1 heterocycles. The van der Waals surface area contributed by atoms with Crippen LogP contribution in [0.25, 0.3) is 0 Å². The second kappa shape index (κ2) is 7.05. The second-order valence-electron chi connectivity index (χ2n) is 6.94. The molecule has 1 saturated carbocycles. The van der Waals surface area contributed by atoms with Crippen molar-refractivity contribution in [3.05, 3.63) is 0 Å². The minimum Gasteiger partial charge on any atom is -0.319 e. The zero-order chi connectivity index (χ0) is 13.7. The zero-order valence-corrected chi connectivity index (χ0v) is 13.2. The Labute approximate surface area is 119 Å². The van der Waals surface area contributed by atoms with E-state index < -0.39 is 0 Å². The molecular formula is C16H33N3. The highest BCUT2D eigenvalue weighted by molar-refractivity contribution is 4.85. The lowest BCUT2D eigenvalue weighted by molar-refractivity contribution is 0.0675. The third-order valence-corrected chi connectivity index (χ3v) is 5.31. The molecular weight excluding hydrogens is 234 g/mol. The van der Waals surface area contributed by atoms with Gasteiger partial charge in [0, 0.05) is 45.3 Å². The van der Waals surface area contributed by atoms with Gasteiger partial charge < -0.3 is 10.2 Å². The number of hydrogen-bond donors (Lipinski definition) is 1. The monoisotopic (exact) mass is 267 g/mol. The summed E-state index contributed by atoms with van der Waals surface area (Å²) in [6.45, 7) is 12.3. The first-order valence-corrected chi connectivity index (χ1v) is 8.28. The Kier molecular flexibility index (Phi) is 5.67. The molecule has 0 bridgehead atoms. The van der Waals surface area contributed by atoms with Gasteiger partial charge in [0.25, 0.3) is 0 Å². The Morgan fingerprint density at radius 3 is 2.26 bits per heavy atom. The van der Waals surface area contributed by atoms with Crippen LogP contribution in [0.4, 0.5) is 0 Å². The molecule has 3 heteroatoms. The van der Waals surface area contributed by atoms with Gasteiger partial charge in [0.1, 0.15) is 0 Å². The fourth-order valence-electron chi connectivity index (χ4n) is 3.82. The van der Waals surface area contributed by atoms with Gasteiger partial charge in [0.15, 0.2) is 0 Å². The lowest BCUT2D eigenvalue weighted by atomic mass is 9.86. The van der Waals surface area contributed by atoms with Crippen LogP contribution in [-0.2, 0) is 0 Å². The summed E-state index contributed by atoms with van der Waals surface area (Å²) in [7, 11) is 2.08. The molecule has 0 radical (unpaired) electrons. The highest BCUT2D eigenvalue weighted by atomic mass is 15.3. The predicted molar refractivity (Wildman–Crippen MR) is 82.6 cm³/mol. The quantitative estimate of drug-likeness (QED) is 0.796. The van der Waals surface area contributed by atoms with E-state index in [9.17, 15) is 0 Å². The third kappa shape index (κ3) is 4.17. The molecule has 0 aromatic rings. The van der Waals surface area contributed by atoms with Gasteiger partial charge in [-0.1, -0.05) is 26.7 Å². The molecule has 112 valence electrons. The van der Waals surface area contributed by atoms with Crippen molar-refractivity contribution in [2.45, 2.75) is 52.0 Å². The molecule has 19 heavy (non-hydrogen) atoms. The van der Waals surface area contributed by atoms with Crippen LogP contribution >= 0.6 is 0 Å². The molecule has 0 aromatic heterocycles. The molecule has 0 aromatic carbocycles. The smallest absolute Gasteiger partial charge is 0.0113 e. The Morgan fingerprint density at radius 2 is 1.74 bits per heavy atom. The highest BCUT2D eigenvalue weighted by Gasteiger charge is 2.29. The first-order valence-electron chi connectivity index (χ1n) is 8.28. The van der Waals surface area contributed by atoms with Gasteiger partial charge in [-0.15, -0.1) is 0 Å². The van der Waals surface area contributed by atoms with E-state index in [1.165, 1.54) is 64.8 Å². The maximum absolute atomic E-state index is 3.37. The van der Waals surface area contributed by atoms with E-state index in [4.69, 9.17) is 0 Å². The summed E-state index contributed by atoms with van der Waals surface area (Å²) in [4.78, 5) is 5.44. The van der Waals surface area contributed by atoms with Crippen molar-refractivity contribution in [1.29, 1.82) is 0 Å². The van der Waals surface area contributed by atoms with Gasteiger partial charge in [-0.2, -0.15) is 0 Å². The number of hydrogen-bond acceptors (Lipinski definition) is 3. The van der Waals surface area contributed by atoms with Crippen LogP contribution in [0.2, 0.25) is 0 Å². The van der Waals surface area contributed by atoms with E-state index >= 15 is 0 Å². The normalized spacial score (nSPS) is 26.7. The fraction of sp³-hybridized carbons (Fsp3) is 1.00. The first-order chi connectivity index (χ1) is 9.17. The van der Waals surface area contributed by atoms with E-state index in [2.05, 4.69) is 36.0 Å². The van der Waals surface area contributed by atoms with Crippen LogP contribution in [0, 0.1) is 5.41 Å². The van der Waals surface area contributed by atoms with Crippen molar-refractivity contribution in [2.75, 3.05) is 46.3 Å². The Hall–Kier alpha value is -0.120. The molecule has 1 unspecified atom stereocenters. The van der Waals surface area contributed by atoms with E-state index in [-0.39, 0.29) is 0 Å². The maximum Gasteiger partial charge on any atom is 0.0113 e. The minimum absolute atomic E-state index is 0.435. The van der Waals surface area contributed by atoms with Crippen molar-refractivity contribution in [1.82, 2.24) is 15.1 Å². The van der Waals surface area contributed by atoms with Crippen LogP contribution in [0.1, 0.15) is 46.0 Å².